The van der Waals surface area contributed by atoms with Crippen LogP contribution in [0.1, 0.15) is 65.7 Å². The summed E-state index contributed by atoms with van der Waals surface area (Å²) in [6, 6.07) is 0.738. The summed E-state index contributed by atoms with van der Waals surface area (Å²) < 4.78 is 0. The Kier molecular flexibility index (Phi) is 6.35. The molecule has 2 aliphatic rings. The van der Waals surface area contributed by atoms with Gasteiger partial charge in [0.15, 0.2) is 0 Å². The first-order chi connectivity index (χ1) is 10.5. The van der Waals surface area contributed by atoms with Gasteiger partial charge >= 0.3 is 0 Å². The number of rotatable bonds is 7. The van der Waals surface area contributed by atoms with E-state index >= 15 is 0 Å². The molecule has 7 heteroatoms. The van der Waals surface area contributed by atoms with Gasteiger partial charge in [-0.15, -0.1) is 22.0 Å². The molecule has 1 amide bonds. The zero-order valence-electron chi connectivity index (χ0n) is 13.9. The fraction of sp³-hybridized carbons (Fsp3) is 0.933. The summed E-state index contributed by atoms with van der Waals surface area (Å²) in [6.07, 6.45) is 7.60. The molecule has 0 aromatic heterocycles. The molecule has 1 heterocycles. The largest absolute Gasteiger partial charge is 0.337 e. The van der Waals surface area contributed by atoms with Gasteiger partial charge in [-0.3, -0.25) is 4.79 Å². The van der Waals surface area contributed by atoms with Crippen molar-refractivity contribution in [2.24, 2.45) is 20.7 Å². The summed E-state index contributed by atoms with van der Waals surface area (Å²) >= 11 is 1.59. The highest BCUT2D eigenvalue weighted by molar-refractivity contribution is 8.00. The first-order valence-electron chi connectivity index (χ1n) is 8.31. The standard InChI is InChI=1S/C15H27N5OS/c1-12(2)20(13-8-5-4-6-9-13)14(21)10-7-11-22-15(3)16-18-19-17-15/h12-13H,4-11H2,1-3H3. The van der Waals surface area contributed by atoms with Crippen LogP contribution in [0.2, 0.25) is 0 Å². The van der Waals surface area contributed by atoms with E-state index in [1.165, 1.54) is 19.3 Å². The lowest BCUT2D eigenvalue weighted by Crippen LogP contribution is -2.45. The maximum Gasteiger partial charge on any atom is 0.237 e. The molecule has 1 fully saturated rings. The van der Waals surface area contributed by atoms with Crippen molar-refractivity contribution in [2.75, 3.05) is 5.75 Å². The molecule has 6 nitrogen and oxygen atoms in total. The molecule has 0 aromatic carbocycles. The van der Waals surface area contributed by atoms with Crippen LogP contribution in [0.4, 0.5) is 0 Å². The van der Waals surface area contributed by atoms with Gasteiger partial charge in [0.05, 0.1) is 0 Å². The molecule has 0 atom stereocenters. The summed E-state index contributed by atoms with van der Waals surface area (Å²) in [5.74, 6) is 1.14. The lowest BCUT2D eigenvalue weighted by atomic mass is 9.93. The number of thioether (sulfide) groups is 1. The zero-order chi connectivity index (χ0) is 16.0. The van der Waals surface area contributed by atoms with E-state index in [0.29, 0.717) is 24.4 Å². The minimum Gasteiger partial charge on any atom is -0.337 e. The summed E-state index contributed by atoms with van der Waals surface area (Å²) in [6.45, 7) is 6.14. The second kappa shape index (κ2) is 8.04. The van der Waals surface area contributed by atoms with Crippen LogP contribution in [-0.4, -0.2) is 33.6 Å². The Hall–Kier alpha value is -0.980. The molecular weight excluding hydrogens is 298 g/mol. The van der Waals surface area contributed by atoms with E-state index < -0.39 is 4.99 Å². The molecule has 0 N–H and O–H groups in total. The molecule has 22 heavy (non-hydrogen) atoms. The highest BCUT2D eigenvalue weighted by Crippen LogP contribution is 2.33. The third-order valence-electron chi connectivity index (χ3n) is 4.22. The third kappa shape index (κ3) is 4.76. The number of hydrogen-bond donors (Lipinski definition) is 0. The number of amides is 1. The van der Waals surface area contributed by atoms with Crippen molar-refractivity contribution in [3.8, 4) is 0 Å². The SMILES string of the molecule is CC(C)N(C(=O)CCCSC1(C)N=NN=N1)C1CCCCC1. The predicted octanol–water partition coefficient (Wildman–Crippen LogP) is 4.58. The van der Waals surface area contributed by atoms with E-state index in [1.54, 1.807) is 11.8 Å². The van der Waals surface area contributed by atoms with Crippen LogP contribution >= 0.6 is 11.8 Å². The Morgan fingerprint density at radius 1 is 1.23 bits per heavy atom. The van der Waals surface area contributed by atoms with Gasteiger partial charge in [0.25, 0.3) is 0 Å². The van der Waals surface area contributed by atoms with Crippen LogP contribution in [0.5, 0.6) is 0 Å². The van der Waals surface area contributed by atoms with E-state index in [-0.39, 0.29) is 0 Å². The van der Waals surface area contributed by atoms with Crippen LogP contribution in [0, 0.1) is 0 Å². The smallest absolute Gasteiger partial charge is 0.237 e. The average Bonchev–Trinajstić information content (AvgIpc) is 2.92. The van der Waals surface area contributed by atoms with Gasteiger partial charge in [-0.05, 0) is 56.2 Å². The van der Waals surface area contributed by atoms with Crippen LogP contribution in [0.15, 0.2) is 20.7 Å². The number of nitrogens with zero attached hydrogens (tertiary/aromatic N) is 5. The molecular formula is C15H27N5OS. The minimum atomic E-state index is -0.579. The van der Waals surface area contributed by atoms with E-state index in [1.807, 2.05) is 6.92 Å². The first-order valence-corrected chi connectivity index (χ1v) is 9.29. The summed E-state index contributed by atoms with van der Waals surface area (Å²) in [5.41, 5.74) is 0. The topological polar surface area (TPSA) is 69.8 Å². The first kappa shape index (κ1) is 17.4. The van der Waals surface area contributed by atoms with Crippen molar-refractivity contribution >= 4 is 17.7 Å². The highest BCUT2D eigenvalue weighted by Gasteiger charge is 2.29. The fourth-order valence-corrected chi connectivity index (χ4v) is 4.04. The number of carbonyl (C=O) groups excluding carboxylic acids is 1. The van der Waals surface area contributed by atoms with Crippen molar-refractivity contribution in [3.05, 3.63) is 0 Å². The molecule has 2 rings (SSSR count). The summed E-state index contributed by atoms with van der Waals surface area (Å²) in [5, 5.41) is 15.1. The van der Waals surface area contributed by atoms with Crippen molar-refractivity contribution in [3.63, 3.8) is 0 Å². The molecule has 1 aliphatic heterocycles. The van der Waals surface area contributed by atoms with Gasteiger partial charge in [-0.25, -0.2) is 0 Å². The molecule has 124 valence electrons. The molecule has 0 spiro atoms. The monoisotopic (exact) mass is 325 g/mol. The van der Waals surface area contributed by atoms with E-state index in [9.17, 15) is 4.79 Å². The maximum absolute atomic E-state index is 12.6. The van der Waals surface area contributed by atoms with Crippen molar-refractivity contribution in [1.82, 2.24) is 4.90 Å². The minimum absolute atomic E-state index is 0.290. The molecule has 0 radical (unpaired) electrons. The van der Waals surface area contributed by atoms with Gasteiger partial charge in [-0.2, -0.15) is 0 Å². The van der Waals surface area contributed by atoms with E-state index in [0.717, 1.165) is 25.0 Å². The molecule has 0 bridgehead atoms. The van der Waals surface area contributed by atoms with Crippen LogP contribution < -0.4 is 0 Å². The van der Waals surface area contributed by atoms with E-state index in [4.69, 9.17) is 0 Å². The molecule has 1 aliphatic carbocycles. The number of carbonyl (C=O) groups is 1. The Morgan fingerprint density at radius 2 is 1.86 bits per heavy atom. The molecule has 0 saturated heterocycles. The quantitative estimate of drug-likeness (QED) is 0.643. The molecule has 0 unspecified atom stereocenters. The second-order valence-electron chi connectivity index (χ2n) is 6.45. The van der Waals surface area contributed by atoms with Crippen LogP contribution in [0.25, 0.3) is 0 Å². The Morgan fingerprint density at radius 3 is 2.45 bits per heavy atom. The Balaban J connectivity index is 1.76. The summed E-state index contributed by atoms with van der Waals surface area (Å²) in [7, 11) is 0. The van der Waals surface area contributed by atoms with Gasteiger partial charge in [-0.1, -0.05) is 19.3 Å². The van der Waals surface area contributed by atoms with Gasteiger partial charge < -0.3 is 4.90 Å². The highest BCUT2D eigenvalue weighted by atomic mass is 32.2. The van der Waals surface area contributed by atoms with Gasteiger partial charge in [0.2, 0.25) is 10.9 Å². The Labute approximate surface area is 137 Å². The normalized spacial score (nSPS) is 20.7. The maximum atomic E-state index is 12.6. The van der Waals surface area contributed by atoms with Crippen LogP contribution in [0.3, 0.4) is 0 Å². The van der Waals surface area contributed by atoms with Crippen molar-refractivity contribution < 1.29 is 4.79 Å². The fourth-order valence-electron chi connectivity index (χ4n) is 3.17. The molecule has 1 saturated carbocycles. The zero-order valence-corrected chi connectivity index (χ0v) is 14.7. The van der Waals surface area contributed by atoms with Crippen molar-refractivity contribution in [2.45, 2.75) is 82.8 Å². The van der Waals surface area contributed by atoms with E-state index in [2.05, 4.69) is 39.4 Å². The Bertz CT molecular complexity index is 420. The molecule has 0 aromatic rings. The van der Waals surface area contributed by atoms with Crippen LogP contribution in [-0.2, 0) is 4.79 Å². The van der Waals surface area contributed by atoms with Gasteiger partial charge in [0.1, 0.15) is 0 Å². The lowest BCUT2D eigenvalue weighted by Gasteiger charge is -2.37. The predicted molar refractivity (Wildman–Crippen MR) is 88.7 cm³/mol. The second-order valence-corrected chi connectivity index (χ2v) is 7.92. The number of hydrogen-bond acceptors (Lipinski definition) is 6. The average molecular weight is 325 g/mol. The lowest BCUT2D eigenvalue weighted by molar-refractivity contribution is -0.136. The third-order valence-corrected chi connectivity index (χ3v) is 5.43. The van der Waals surface area contributed by atoms with Gasteiger partial charge in [0, 0.05) is 18.5 Å². The van der Waals surface area contributed by atoms with Crippen molar-refractivity contribution in [1.29, 1.82) is 0 Å². The summed E-state index contributed by atoms with van der Waals surface area (Å²) in [4.78, 5) is 14.1.